The summed E-state index contributed by atoms with van der Waals surface area (Å²) in [5.74, 6) is 1.40. The molecule has 0 saturated heterocycles. The zero-order valence-electron chi connectivity index (χ0n) is 15.7. The van der Waals surface area contributed by atoms with E-state index in [2.05, 4.69) is 32.6 Å². The fourth-order valence-electron chi connectivity index (χ4n) is 6.36. The van der Waals surface area contributed by atoms with Crippen molar-refractivity contribution in [2.75, 3.05) is 0 Å². The van der Waals surface area contributed by atoms with Gasteiger partial charge < -0.3 is 5.32 Å². The smallest absolute Gasteiger partial charge is 0.226 e. The van der Waals surface area contributed by atoms with Gasteiger partial charge in [-0.2, -0.15) is 4.80 Å². The van der Waals surface area contributed by atoms with Crippen LogP contribution in [0.3, 0.4) is 0 Å². The first-order chi connectivity index (χ1) is 13.1. The van der Waals surface area contributed by atoms with Crippen molar-refractivity contribution < 1.29 is 4.79 Å². The molecule has 5 atom stereocenters. The second-order valence-electron chi connectivity index (χ2n) is 9.09. The second-order valence-corrected chi connectivity index (χ2v) is 9.09. The van der Waals surface area contributed by atoms with Crippen molar-refractivity contribution in [1.82, 2.24) is 30.5 Å². The Hall–Kier alpha value is -2.31. The van der Waals surface area contributed by atoms with Gasteiger partial charge in [-0.25, -0.2) is 0 Å². The zero-order chi connectivity index (χ0) is 18.5. The molecule has 4 saturated carbocycles. The molecule has 4 bridgehead atoms. The second kappa shape index (κ2) is 6.11. The molecular formula is C20H26N6O. The number of hydrogen-bond donors (Lipinski definition) is 1. The van der Waals surface area contributed by atoms with Gasteiger partial charge in [0.25, 0.3) is 0 Å². The summed E-state index contributed by atoms with van der Waals surface area (Å²) in [6.45, 7) is 2.07. The average molecular weight is 366 g/mol. The maximum absolute atomic E-state index is 13.4. The normalized spacial score (nSPS) is 35.1. The summed E-state index contributed by atoms with van der Waals surface area (Å²) in [5, 5.41) is 15.8. The van der Waals surface area contributed by atoms with E-state index in [9.17, 15) is 4.79 Å². The van der Waals surface area contributed by atoms with Crippen LogP contribution in [0.2, 0.25) is 0 Å². The number of carbonyl (C=O) groups is 1. The van der Waals surface area contributed by atoms with Crippen LogP contribution >= 0.6 is 0 Å². The minimum atomic E-state index is -0.282. The summed E-state index contributed by atoms with van der Waals surface area (Å²) in [5.41, 5.74) is 0.609. The average Bonchev–Trinajstić information content (AvgIpc) is 3.17. The van der Waals surface area contributed by atoms with Crippen molar-refractivity contribution in [3.8, 4) is 0 Å². The molecular weight excluding hydrogens is 340 g/mol. The summed E-state index contributed by atoms with van der Waals surface area (Å²) in [6.07, 6.45) is 10.3. The molecule has 7 nitrogen and oxygen atoms in total. The van der Waals surface area contributed by atoms with E-state index < -0.39 is 0 Å². The predicted octanol–water partition coefficient (Wildman–Crippen LogP) is 2.11. The minimum absolute atomic E-state index is 0.0702. The van der Waals surface area contributed by atoms with E-state index in [0.29, 0.717) is 11.8 Å². The molecule has 0 spiro atoms. The van der Waals surface area contributed by atoms with Crippen LogP contribution < -0.4 is 5.32 Å². The SMILES string of the molecule is C[C@H](Cc1ccccn1)NC(=O)C12C[C@H]3C[C@@H](C1)CC(n1ncnn1)(C3)C2. The first-order valence-corrected chi connectivity index (χ1v) is 10.0. The van der Waals surface area contributed by atoms with Gasteiger partial charge in [0.2, 0.25) is 5.91 Å². The fraction of sp³-hybridized carbons (Fsp3) is 0.650. The number of amides is 1. The highest BCUT2D eigenvalue weighted by atomic mass is 16.2. The first kappa shape index (κ1) is 16.8. The zero-order valence-corrected chi connectivity index (χ0v) is 15.7. The maximum Gasteiger partial charge on any atom is 0.226 e. The quantitative estimate of drug-likeness (QED) is 0.876. The highest BCUT2D eigenvalue weighted by Crippen LogP contribution is 2.63. The van der Waals surface area contributed by atoms with Crippen molar-refractivity contribution in [1.29, 1.82) is 0 Å². The third-order valence-corrected chi connectivity index (χ3v) is 6.90. The van der Waals surface area contributed by atoms with Gasteiger partial charge >= 0.3 is 0 Å². The van der Waals surface area contributed by atoms with Crippen molar-refractivity contribution in [2.45, 2.75) is 63.5 Å². The largest absolute Gasteiger partial charge is 0.353 e. The molecule has 27 heavy (non-hydrogen) atoms. The third-order valence-electron chi connectivity index (χ3n) is 6.90. The molecule has 0 aromatic carbocycles. The lowest BCUT2D eigenvalue weighted by molar-refractivity contribution is -0.158. The molecule has 4 aliphatic rings. The lowest BCUT2D eigenvalue weighted by atomic mass is 9.46. The third kappa shape index (κ3) is 2.84. The van der Waals surface area contributed by atoms with E-state index in [1.165, 1.54) is 12.7 Å². The van der Waals surface area contributed by atoms with Crippen LogP contribution in [0.15, 0.2) is 30.7 Å². The van der Waals surface area contributed by atoms with Crippen LogP contribution in [0, 0.1) is 17.3 Å². The van der Waals surface area contributed by atoms with Crippen LogP contribution in [0.4, 0.5) is 0 Å². The van der Waals surface area contributed by atoms with Crippen molar-refractivity contribution >= 4 is 5.91 Å². The Balaban J connectivity index is 1.35. The van der Waals surface area contributed by atoms with Gasteiger partial charge in [0, 0.05) is 24.4 Å². The summed E-state index contributed by atoms with van der Waals surface area (Å²) >= 11 is 0. The lowest BCUT2D eigenvalue weighted by Crippen LogP contribution is -2.62. The molecule has 2 aromatic heterocycles. The molecule has 2 unspecified atom stereocenters. The summed E-state index contributed by atoms with van der Waals surface area (Å²) in [7, 11) is 0. The van der Waals surface area contributed by atoms with Crippen LogP contribution in [-0.4, -0.2) is 37.1 Å². The standard InChI is InChI=1S/C20H26N6O/c1-14(6-17-4-2-3-5-21-17)24-18(27)19-8-15-7-16(9-19)11-20(10-15,12-19)26-23-13-22-25-26/h2-5,13-16H,6-12H2,1H3,(H,24,27)/t14-,15-,16+,19?,20?/m1/s1. The van der Waals surface area contributed by atoms with E-state index in [4.69, 9.17) is 0 Å². The molecule has 4 aliphatic carbocycles. The fourth-order valence-corrected chi connectivity index (χ4v) is 6.36. The van der Waals surface area contributed by atoms with E-state index in [-0.39, 0.29) is 22.9 Å². The molecule has 142 valence electrons. The molecule has 1 N–H and O–H groups in total. The number of aromatic nitrogens is 5. The summed E-state index contributed by atoms with van der Waals surface area (Å²) < 4.78 is 0. The van der Waals surface area contributed by atoms with E-state index in [1.54, 1.807) is 6.20 Å². The molecule has 6 rings (SSSR count). The van der Waals surface area contributed by atoms with Gasteiger partial charge in [-0.1, -0.05) is 6.07 Å². The van der Waals surface area contributed by atoms with Crippen LogP contribution in [0.1, 0.15) is 51.1 Å². The van der Waals surface area contributed by atoms with Gasteiger partial charge in [-0.05, 0) is 74.6 Å². The number of nitrogens with one attached hydrogen (secondary N) is 1. The summed E-state index contributed by atoms with van der Waals surface area (Å²) in [6, 6.07) is 5.99. The number of pyridine rings is 1. The topological polar surface area (TPSA) is 85.6 Å². The number of tetrazole rings is 1. The Morgan fingerprint density at radius 1 is 1.30 bits per heavy atom. The van der Waals surface area contributed by atoms with E-state index in [0.717, 1.165) is 44.2 Å². The van der Waals surface area contributed by atoms with Crippen molar-refractivity contribution in [3.63, 3.8) is 0 Å². The van der Waals surface area contributed by atoms with Crippen molar-refractivity contribution in [2.24, 2.45) is 17.3 Å². The van der Waals surface area contributed by atoms with Crippen molar-refractivity contribution in [3.05, 3.63) is 36.4 Å². The Labute approximate surface area is 158 Å². The van der Waals surface area contributed by atoms with Crippen LogP contribution in [0.25, 0.3) is 0 Å². The highest BCUT2D eigenvalue weighted by molar-refractivity contribution is 5.83. The summed E-state index contributed by atoms with van der Waals surface area (Å²) in [4.78, 5) is 19.6. The van der Waals surface area contributed by atoms with E-state index >= 15 is 0 Å². The Morgan fingerprint density at radius 3 is 2.78 bits per heavy atom. The number of carbonyl (C=O) groups excluding carboxylic acids is 1. The Kier molecular flexibility index (Phi) is 3.81. The van der Waals surface area contributed by atoms with Gasteiger partial charge in [-0.15, -0.1) is 10.2 Å². The first-order valence-electron chi connectivity index (χ1n) is 10.0. The Morgan fingerprint density at radius 2 is 2.11 bits per heavy atom. The maximum atomic E-state index is 13.4. The van der Waals surface area contributed by atoms with Gasteiger partial charge in [0.1, 0.15) is 0 Å². The highest BCUT2D eigenvalue weighted by Gasteiger charge is 2.62. The van der Waals surface area contributed by atoms with E-state index in [1.807, 2.05) is 23.0 Å². The van der Waals surface area contributed by atoms with Crippen LogP contribution in [0.5, 0.6) is 0 Å². The number of nitrogens with zero attached hydrogens (tertiary/aromatic N) is 5. The van der Waals surface area contributed by atoms with Gasteiger partial charge in [0.05, 0.1) is 11.0 Å². The predicted molar refractivity (Wildman–Crippen MR) is 98.5 cm³/mol. The molecule has 7 heteroatoms. The molecule has 0 aliphatic heterocycles. The van der Waals surface area contributed by atoms with Gasteiger partial charge in [0.15, 0.2) is 6.33 Å². The molecule has 0 radical (unpaired) electrons. The number of hydrogen-bond acceptors (Lipinski definition) is 5. The number of rotatable bonds is 5. The Bertz CT molecular complexity index is 806. The minimum Gasteiger partial charge on any atom is -0.353 e. The monoisotopic (exact) mass is 366 g/mol. The molecule has 4 fully saturated rings. The molecule has 2 heterocycles. The van der Waals surface area contributed by atoms with Gasteiger partial charge in [-0.3, -0.25) is 9.78 Å². The molecule has 2 aromatic rings. The molecule has 1 amide bonds. The lowest BCUT2D eigenvalue weighted by Gasteiger charge is -2.60. The van der Waals surface area contributed by atoms with Crippen LogP contribution in [-0.2, 0) is 16.8 Å².